The average Bonchev–Trinajstić information content (AvgIpc) is 2.84. The van der Waals surface area contributed by atoms with Gasteiger partial charge in [0.15, 0.2) is 5.78 Å². The fourth-order valence-corrected chi connectivity index (χ4v) is 3.27. The third kappa shape index (κ3) is 1.28. The van der Waals surface area contributed by atoms with Gasteiger partial charge in [0.1, 0.15) is 0 Å². The SMILES string of the molecule is CC(C)C(=O)c1cc2n3c1CCCC3CC2. The second-order valence-corrected chi connectivity index (χ2v) is 5.47. The third-order valence-corrected chi connectivity index (χ3v) is 4.06. The summed E-state index contributed by atoms with van der Waals surface area (Å²) in [5.74, 6) is 0.456. The van der Waals surface area contributed by atoms with E-state index in [1.807, 2.05) is 13.8 Å². The van der Waals surface area contributed by atoms with Gasteiger partial charge in [0, 0.05) is 28.9 Å². The van der Waals surface area contributed by atoms with Gasteiger partial charge >= 0.3 is 0 Å². The summed E-state index contributed by atoms with van der Waals surface area (Å²) < 4.78 is 2.47. The Morgan fingerprint density at radius 1 is 1.38 bits per heavy atom. The molecule has 2 heteroatoms. The van der Waals surface area contributed by atoms with Gasteiger partial charge in [0.25, 0.3) is 0 Å². The molecule has 0 bridgehead atoms. The minimum absolute atomic E-state index is 0.125. The summed E-state index contributed by atoms with van der Waals surface area (Å²) in [5.41, 5.74) is 3.76. The van der Waals surface area contributed by atoms with Crippen LogP contribution in [0.25, 0.3) is 0 Å². The molecule has 86 valence electrons. The van der Waals surface area contributed by atoms with E-state index in [0.29, 0.717) is 11.8 Å². The molecule has 0 aliphatic carbocycles. The van der Waals surface area contributed by atoms with E-state index in [0.717, 1.165) is 12.0 Å². The van der Waals surface area contributed by atoms with Gasteiger partial charge in [-0.25, -0.2) is 0 Å². The molecule has 1 atom stereocenters. The van der Waals surface area contributed by atoms with Crippen molar-refractivity contribution in [1.29, 1.82) is 0 Å². The van der Waals surface area contributed by atoms with Crippen LogP contribution in [0.4, 0.5) is 0 Å². The summed E-state index contributed by atoms with van der Waals surface area (Å²) >= 11 is 0. The van der Waals surface area contributed by atoms with Crippen molar-refractivity contribution in [2.45, 2.75) is 52.0 Å². The Bertz CT molecular complexity index is 442. The molecule has 0 fully saturated rings. The smallest absolute Gasteiger partial charge is 0.167 e. The van der Waals surface area contributed by atoms with Gasteiger partial charge in [-0.2, -0.15) is 0 Å². The number of hydrogen-bond donors (Lipinski definition) is 0. The van der Waals surface area contributed by atoms with Crippen LogP contribution < -0.4 is 0 Å². The number of Topliss-reactive ketones (excluding diaryl/α,β-unsaturated/α-hetero) is 1. The zero-order valence-corrected chi connectivity index (χ0v) is 10.1. The van der Waals surface area contributed by atoms with Gasteiger partial charge in [-0.05, 0) is 38.2 Å². The first-order valence-electron chi connectivity index (χ1n) is 6.45. The lowest BCUT2D eigenvalue weighted by atomic mass is 9.94. The van der Waals surface area contributed by atoms with E-state index < -0.39 is 0 Å². The summed E-state index contributed by atoms with van der Waals surface area (Å²) in [6.45, 7) is 4.00. The lowest BCUT2D eigenvalue weighted by molar-refractivity contribution is 0.0937. The molecule has 1 aromatic rings. The maximum absolute atomic E-state index is 12.1. The van der Waals surface area contributed by atoms with Crippen molar-refractivity contribution < 1.29 is 4.79 Å². The van der Waals surface area contributed by atoms with E-state index in [2.05, 4.69) is 10.6 Å². The van der Waals surface area contributed by atoms with E-state index in [9.17, 15) is 4.79 Å². The van der Waals surface area contributed by atoms with Gasteiger partial charge in [-0.3, -0.25) is 4.79 Å². The quantitative estimate of drug-likeness (QED) is 0.697. The molecular weight excluding hydrogens is 198 g/mol. The highest BCUT2D eigenvalue weighted by Gasteiger charge is 2.31. The van der Waals surface area contributed by atoms with Gasteiger partial charge < -0.3 is 4.57 Å². The molecule has 0 N–H and O–H groups in total. The molecule has 2 aliphatic rings. The molecule has 1 aromatic heterocycles. The number of nitrogens with zero attached hydrogens (tertiary/aromatic N) is 1. The van der Waals surface area contributed by atoms with Crippen molar-refractivity contribution in [3.8, 4) is 0 Å². The van der Waals surface area contributed by atoms with Crippen LogP contribution in [0.1, 0.15) is 60.9 Å². The van der Waals surface area contributed by atoms with Crippen LogP contribution in [0.15, 0.2) is 6.07 Å². The molecular formula is C14H19NO. The van der Waals surface area contributed by atoms with Crippen LogP contribution in [0.2, 0.25) is 0 Å². The fourth-order valence-electron chi connectivity index (χ4n) is 3.27. The second kappa shape index (κ2) is 3.47. The minimum atomic E-state index is 0.125. The van der Waals surface area contributed by atoms with E-state index in [4.69, 9.17) is 0 Å². The molecule has 2 aliphatic heterocycles. The minimum Gasteiger partial charge on any atom is -0.345 e. The number of aryl methyl sites for hydroxylation is 1. The largest absolute Gasteiger partial charge is 0.345 e. The fraction of sp³-hybridized carbons (Fsp3) is 0.643. The van der Waals surface area contributed by atoms with Crippen LogP contribution in [-0.2, 0) is 12.8 Å². The topological polar surface area (TPSA) is 22.0 Å². The first-order valence-corrected chi connectivity index (χ1v) is 6.45. The predicted molar refractivity (Wildman–Crippen MR) is 63.9 cm³/mol. The summed E-state index contributed by atoms with van der Waals surface area (Å²) in [7, 11) is 0. The van der Waals surface area contributed by atoms with Gasteiger partial charge in [0.2, 0.25) is 0 Å². The van der Waals surface area contributed by atoms with E-state index in [1.54, 1.807) is 0 Å². The Labute approximate surface area is 96.6 Å². The highest BCUT2D eigenvalue weighted by atomic mass is 16.1. The van der Waals surface area contributed by atoms with Crippen molar-refractivity contribution in [2.24, 2.45) is 5.92 Å². The normalized spacial score (nSPS) is 22.6. The average molecular weight is 217 g/mol. The van der Waals surface area contributed by atoms with Gasteiger partial charge in [-0.15, -0.1) is 0 Å². The standard InChI is InChI=1S/C14H19NO/c1-9(2)14(16)12-8-11-7-6-10-4-3-5-13(12)15(10)11/h8-10H,3-7H2,1-2H3. The molecule has 0 amide bonds. The second-order valence-electron chi connectivity index (χ2n) is 5.47. The number of aromatic nitrogens is 1. The Morgan fingerprint density at radius 2 is 2.19 bits per heavy atom. The summed E-state index contributed by atoms with van der Waals surface area (Å²) in [6.07, 6.45) is 6.13. The highest BCUT2D eigenvalue weighted by Crippen LogP contribution is 2.39. The Hall–Kier alpha value is -1.05. The number of hydrogen-bond acceptors (Lipinski definition) is 1. The van der Waals surface area contributed by atoms with Crippen LogP contribution in [0.5, 0.6) is 0 Å². The van der Waals surface area contributed by atoms with Crippen molar-refractivity contribution in [3.63, 3.8) is 0 Å². The van der Waals surface area contributed by atoms with Gasteiger partial charge in [-0.1, -0.05) is 13.8 Å². The van der Waals surface area contributed by atoms with Crippen LogP contribution >= 0.6 is 0 Å². The third-order valence-electron chi connectivity index (χ3n) is 4.06. The lowest BCUT2D eigenvalue weighted by Gasteiger charge is -2.23. The molecule has 0 radical (unpaired) electrons. The molecule has 16 heavy (non-hydrogen) atoms. The maximum Gasteiger partial charge on any atom is 0.167 e. The molecule has 0 aromatic carbocycles. The summed E-state index contributed by atoms with van der Waals surface area (Å²) in [5, 5.41) is 0. The maximum atomic E-state index is 12.1. The van der Waals surface area contributed by atoms with E-state index >= 15 is 0 Å². The monoisotopic (exact) mass is 217 g/mol. The number of carbonyl (C=O) groups excluding carboxylic acids is 1. The summed E-state index contributed by atoms with van der Waals surface area (Å²) in [6, 6.07) is 2.87. The molecule has 2 nitrogen and oxygen atoms in total. The molecule has 1 unspecified atom stereocenters. The zero-order valence-electron chi connectivity index (χ0n) is 10.1. The number of ketones is 1. The van der Waals surface area contributed by atoms with Crippen molar-refractivity contribution in [2.75, 3.05) is 0 Å². The van der Waals surface area contributed by atoms with Crippen molar-refractivity contribution in [1.82, 2.24) is 4.57 Å². The van der Waals surface area contributed by atoms with E-state index in [-0.39, 0.29) is 5.92 Å². The molecule has 3 rings (SSSR count). The number of carbonyl (C=O) groups is 1. The zero-order chi connectivity index (χ0) is 11.3. The van der Waals surface area contributed by atoms with Crippen LogP contribution in [-0.4, -0.2) is 10.4 Å². The van der Waals surface area contributed by atoms with Crippen molar-refractivity contribution in [3.05, 3.63) is 23.0 Å². The number of rotatable bonds is 2. The molecule has 0 saturated heterocycles. The summed E-state index contributed by atoms with van der Waals surface area (Å²) in [4.78, 5) is 12.1. The predicted octanol–water partition coefficient (Wildman–Crippen LogP) is 3.15. The Balaban J connectivity index is 2.09. The van der Waals surface area contributed by atoms with Crippen LogP contribution in [0.3, 0.4) is 0 Å². The molecule has 0 saturated carbocycles. The lowest BCUT2D eigenvalue weighted by Crippen LogP contribution is -2.17. The van der Waals surface area contributed by atoms with Crippen molar-refractivity contribution >= 4 is 5.78 Å². The highest BCUT2D eigenvalue weighted by molar-refractivity contribution is 5.99. The van der Waals surface area contributed by atoms with Crippen LogP contribution in [0, 0.1) is 5.92 Å². The van der Waals surface area contributed by atoms with Gasteiger partial charge in [0.05, 0.1) is 0 Å². The first kappa shape index (κ1) is 10.1. The Kier molecular flexibility index (Phi) is 2.20. The molecule has 0 spiro atoms. The first-order chi connectivity index (χ1) is 7.68. The Morgan fingerprint density at radius 3 is 2.94 bits per heavy atom. The molecule has 3 heterocycles. The van der Waals surface area contributed by atoms with E-state index in [1.165, 1.54) is 37.1 Å².